The third-order valence-electron chi connectivity index (χ3n) is 10.3. The lowest BCUT2D eigenvalue weighted by atomic mass is 9.80. The fourth-order valence-electron chi connectivity index (χ4n) is 7.75. The third kappa shape index (κ3) is 6.65. The number of benzene rings is 2. The van der Waals surface area contributed by atoms with Gasteiger partial charge in [-0.1, -0.05) is 86.3 Å². The van der Waals surface area contributed by atoms with Crippen molar-refractivity contribution in [3.63, 3.8) is 0 Å². The highest BCUT2D eigenvalue weighted by atomic mass is 16.4. The summed E-state index contributed by atoms with van der Waals surface area (Å²) in [5.41, 5.74) is 6.54. The zero-order valence-electron chi connectivity index (χ0n) is 25.5. The van der Waals surface area contributed by atoms with E-state index in [1.165, 1.54) is 47.3 Å². The predicted molar refractivity (Wildman–Crippen MR) is 168 cm³/mol. The summed E-state index contributed by atoms with van der Waals surface area (Å²) in [6.45, 7) is 9.32. The quantitative estimate of drug-likeness (QED) is 0.280. The van der Waals surface area contributed by atoms with Crippen molar-refractivity contribution in [2.24, 2.45) is 11.8 Å². The largest absolute Gasteiger partial charge is 0.480 e. The Bertz CT molecular complexity index is 1330. The maximum atomic E-state index is 12.4. The molecule has 1 saturated carbocycles. The van der Waals surface area contributed by atoms with E-state index in [-0.39, 0.29) is 6.04 Å². The molecule has 3 aliphatic rings. The number of carboxylic acids is 1. The molecule has 3 aromatic rings. The van der Waals surface area contributed by atoms with Gasteiger partial charge in [-0.3, -0.25) is 9.69 Å². The Morgan fingerprint density at radius 2 is 1.83 bits per heavy atom. The molecule has 0 bridgehead atoms. The van der Waals surface area contributed by atoms with Crippen LogP contribution in [0.3, 0.4) is 0 Å². The second kappa shape index (κ2) is 13.1. The molecular formula is C36H48N4O2. The number of aliphatic carboxylic acids is 1. The second-order valence-corrected chi connectivity index (χ2v) is 13.3. The molecule has 2 aliphatic heterocycles. The number of nitrogens with one attached hydrogen (secondary N) is 1. The first kappa shape index (κ1) is 29.1. The fraction of sp³-hybridized carbons (Fsp3) is 0.556. The van der Waals surface area contributed by atoms with E-state index in [0.717, 1.165) is 70.7 Å². The fourth-order valence-corrected chi connectivity index (χ4v) is 7.75. The molecule has 6 nitrogen and oxygen atoms in total. The van der Waals surface area contributed by atoms with Crippen molar-refractivity contribution >= 4 is 5.97 Å². The van der Waals surface area contributed by atoms with E-state index in [2.05, 4.69) is 83.2 Å². The van der Waals surface area contributed by atoms with Crippen molar-refractivity contribution in [1.82, 2.24) is 19.8 Å². The van der Waals surface area contributed by atoms with Crippen LogP contribution in [0.1, 0.15) is 91.2 Å². The van der Waals surface area contributed by atoms with Gasteiger partial charge in [-0.05, 0) is 68.7 Å². The number of imidazole rings is 1. The minimum Gasteiger partial charge on any atom is -0.480 e. The molecule has 3 heterocycles. The van der Waals surface area contributed by atoms with Crippen LogP contribution in [0.4, 0.5) is 0 Å². The lowest BCUT2D eigenvalue weighted by Gasteiger charge is -2.35. The summed E-state index contributed by atoms with van der Waals surface area (Å²) in [5, 5.41) is 10.2. The van der Waals surface area contributed by atoms with Gasteiger partial charge in [0.25, 0.3) is 0 Å². The van der Waals surface area contributed by atoms with Crippen LogP contribution in [-0.4, -0.2) is 69.6 Å². The highest BCUT2D eigenvalue weighted by molar-refractivity contribution is 5.73. The van der Waals surface area contributed by atoms with Crippen molar-refractivity contribution in [3.05, 3.63) is 88.5 Å². The van der Waals surface area contributed by atoms with Crippen LogP contribution in [0.25, 0.3) is 0 Å². The summed E-state index contributed by atoms with van der Waals surface area (Å²) in [7, 11) is 0. The zero-order valence-corrected chi connectivity index (χ0v) is 25.5. The summed E-state index contributed by atoms with van der Waals surface area (Å²) in [6.07, 6.45) is 8.56. The summed E-state index contributed by atoms with van der Waals surface area (Å²) in [4.78, 5) is 26.2. The van der Waals surface area contributed by atoms with E-state index in [1.54, 1.807) is 0 Å². The van der Waals surface area contributed by atoms with E-state index in [4.69, 9.17) is 4.98 Å². The maximum Gasteiger partial charge on any atom is 0.320 e. The zero-order chi connectivity index (χ0) is 29.1. The van der Waals surface area contributed by atoms with Gasteiger partial charge in [0.2, 0.25) is 0 Å². The molecule has 3 atom stereocenters. The smallest absolute Gasteiger partial charge is 0.320 e. The predicted octanol–water partition coefficient (Wildman–Crippen LogP) is 6.41. The first-order valence-corrected chi connectivity index (χ1v) is 16.3. The molecule has 2 saturated heterocycles. The molecule has 6 rings (SSSR count). The van der Waals surface area contributed by atoms with Crippen LogP contribution in [0.15, 0.2) is 54.6 Å². The number of piperidine rings is 1. The molecule has 0 amide bonds. The average Bonchev–Trinajstić information content (AvgIpc) is 3.57. The van der Waals surface area contributed by atoms with Gasteiger partial charge in [-0.2, -0.15) is 0 Å². The summed E-state index contributed by atoms with van der Waals surface area (Å²) < 4.78 is 0. The first-order chi connectivity index (χ1) is 20.5. The highest BCUT2D eigenvalue weighted by Gasteiger charge is 2.41. The van der Waals surface area contributed by atoms with Gasteiger partial charge in [-0.25, -0.2) is 4.98 Å². The van der Waals surface area contributed by atoms with E-state index in [0.29, 0.717) is 23.7 Å². The van der Waals surface area contributed by atoms with Gasteiger partial charge in [0.05, 0.1) is 5.69 Å². The molecule has 0 spiro atoms. The maximum absolute atomic E-state index is 12.4. The number of H-pyrrole nitrogens is 1. The minimum atomic E-state index is -0.635. The Morgan fingerprint density at radius 1 is 1.05 bits per heavy atom. The van der Waals surface area contributed by atoms with Gasteiger partial charge < -0.3 is 15.0 Å². The van der Waals surface area contributed by atoms with Crippen LogP contribution in [0, 0.1) is 18.8 Å². The minimum absolute atomic E-state index is 0.351. The number of aryl methyl sites for hydroxylation is 2. The summed E-state index contributed by atoms with van der Waals surface area (Å²) >= 11 is 0. The number of aromatic amines is 1. The van der Waals surface area contributed by atoms with Crippen LogP contribution in [0.5, 0.6) is 0 Å². The standard InChI is InChI=1S/C36H48N4O2/c1-3-32-35(38-34(37-32)21-27-10-5-4-6-11-27)28-15-17-39(18-16-28)22-30-23-40(33(36(41)42)20-26-12-8-13-26)24-31(30)29-14-7-9-25(2)19-29/h4-7,9-11,14,19,26,28,30-31,33H,3,8,12-13,15-18,20-24H2,1-2H3,(H,37,38)(H,41,42). The second-order valence-electron chi connectivity index (χ2n) is 13.3. The van der Waals surface area contributed by atoms with Crippen molar-refractivity contribution in [3.8, 4) is 0 Å². The molecule has 3 fully saturated rings. The summed E-state index contributed by atoms with van der Waals surface area (Å²) in [6, 6.07) is 19.2. The van der Waals surface area contributed by atoms with Gasteiger partial charge in [-0.15, -0.1) is 0 Å². The average molecular weight is 569 g/mol. The summed E-state index contributed by atoms with van der Waals surface area (Å²) in [5.74, 6) is 2.36. The van der Waals surface area contributed by atoms with E-state index >= 15 is 0 Å². The lowest BCUT2D eigenvalue weighted by molar-refractivity contribution is -0.144. The number of hydrogen-bond acceptors (Lipinski definition) is 4. The molecule has 42 heavy (non-hydrogen) atoms. The lowest BCUT2D eigenvalue weighted by Crippen LogP contribution is -2.43. The normalized spacial score (nSPS) is 23.2. The third-order valence-corrected chi connectivity index (χ3v) is 10.3. The number of aromatic nitrogens is 2. The molecule has 2 aromatic carbocycles. The Kier molecular flexibility index (Phi) is 9.11. The molecular weight excluding hydrogens is 520 g/mol. The number of carboxylic acid groups (broad SMARTS) is 1. The highest BCUT2D eigenvalue weighted by Crippen LogP contribution is 2.39. The Labute approximate surface area is 251 Å². The molecule has 2 N–H and O–H groups in total. The number of hydrogen-bond donors (Lipinski definition) is 2. The molecule has 3 unspecified atom stereocenters. The number of nitrogens with zero attached hydrogens (tertiary/aromatic N) is 3. The van der Waals surface area contributed by atoms with Gasteiger partial charge in [0.1, 0.15) is 11.9 Å². The number of rotatable bonds is 11. The van der Waals surface area contributed by atoms with Crippen LogP contribution < -0.4 is 0 Å². The van der Waals surface area contributed by atoms with Crippen LogP contribution in [-0.2, 0) is 17.6 Å². The number of carbonyl (C=O) groups is 1. The number of likely N-dealkylation sites (tertiary alicyclic amines) is 2. The van der Waals surface area contributed by atoms with E-state index < -0.39 is 5.97 Å². The monoisotopic (exact) mass is 568 g/mol. The first-order valence-electron chi connectivity index (χ1n) is 16.3. The van der Waals surface area contributed by atoms with Crippen LogP contribution in [0.2, 0.25) is 0 Å². The molecule has 6 heteroatoms. The molecule has 224 valence electrons. The van der Waals surface area contributed by atoms with Crippen molar-refractivity contribution in [2.45, 2.75) is 83.1 Å². The van der Waals surface area contributed by atoms with Crippen molar-refractivity contribution in [2.75, 3.05) is 32.7 Å². The Balaban J connectivity index is 1.12. The topological polar surface area (TPSA) is 72.5 Å². The Hall–Kier alpha value is -2.96. The van der Waals surface area contributed by atoms with Crippen molar-refractivity contribution < 1.29 is 9.90 Å². The van der Waals surface area contributed by atoms with Gasteiger partial charge in [0, 0.05) is 43.6 Å². The van der Waals surface area contributed by atoms with E-state index in [1.807, 2.05) is 0 Å². The van der Waals surface area contributed by atoms with Crippen molar-refractivity contribution in [1.29, 1.82) is 0 Å². The van der Waals surface area contributed by atoms with Gasteiger partial charge >= 0.3 is 5.97 Å². The molecule has 0 radical (unpaired) electrons. The Morgan fingerprint density at radius 3 is 2.50 bits per heavy atom. The van der Waals surface area contributed by atoms with Gasteiger partial charge in [0.15, 0.2) is 0 Å². The van der Waals surface area contributed by atoms with Crippen LogP contribution >= 0.6 is 0 Å². The molecule has 1 aliphatic carbocycles. The molecule has 1 aromatic heterocycles. The van der Waals surface area contributed by atoms with E-state index in [9.17, 15) is 9.90 Å². The SMILES string of the molecule is CCc1[nH]c(Cc2ccccc2)nc1C1CCN(CC2CN(C(CC3CCC3)C(=O)O)CC2c2cccc(C)c2)CC1.